The first-order chi connectivity index (χ1) is 11.8. The molecule has 0 saturated carbocycles. The van der Waals surface area contributed by atoms with Crippen LogP contribution in [-0.4, -0.2) is 29.8 Å². The second-order valence-corrected chi connectivity index (χ2v) is 5.75. The smallest absolute Gasteiger partial charge is 0.316 e. The minimum absolute atomic E-state index is 0.0263. The van der Waals surface area contributed by atoms with Gasteiger partial charge >= 0.3 is 5.69 Å². The average molecular weight is 342 g/mol. The van der Waals surface area contributed by atoms with Gasteiger partial charge in [0.1, 0.15) is 5.69 Å². The summed E-state index contributed by atoms with van der Waals surface area (Å²) in [5.74, 6) is -0.466. The van der Waals surface area contributed by atoms with Gasteiger partial charge in [-0.25, -0.2) is 14.5 Å². The second-order valence-electron chi connectivity index (χ2n) is 5.75. The number of rotatable bonds is 3. The van der Waals surface area contributed by atoms with Gasteiger partial charge < -0.3 is 9.88 Å². The van der Waals surface area contributed by atoms with Crippen LogP contribution in [0.2, 0.25) is 0 Å². The number of nitrogens with one attached hydrogen (secondary N) is 1. The first kappa shape index (κ1) is 16.6. The van der Waals surface area contributed by atoms with Gasteiger partial charge in [-0.3, -0.25) is 14.2 Å². The van der Waals surface area contributed by atoms with E-state index < -0.39 is 17.2 Å². The van der Waals surface area contributed by atoms with Crippen LogP contribution in [-0.2, 0) is 20.6 Å². The lowest BCUT2D eigenvalue weighted by molar-refractivity contribution is 0.102. The molecule has 3 heterocycles. The standard InChI is InChI=1S/C16H18N6O3/c1-5-22-13-10(7-17-22)6-11(9(2)18-13)14(23)19-12-8-20(3)16(25)21(4)15(12)24/h6-8H,5H2,1-4H3,(H,19,23). The molecular weight excluding hydrogens is 324 g/mol. The van der Waals surface area contributed by atoms with Gasteiger partial charge in [0.15, 0.2) is 5.65 Å². The summed E-state index contributed by atoms with van der Waals surface area (Å²) in [6.07, 6.45) is 2.95. The van der Waals surface area contributed by atoms with Gasteiger partial charge in [0.05, 0.1) is 17.5 Å². The fraction of sp³-hybridized carbons (Fsp3) is 0.312. The van der Waals surface area contributed by atoms with Gasteiger partial charge in [-0.15, -0.1) is 0 Å². The quantitative estimate of drug-likeness (QED) is 0.742. The van der Waals surface area contributed by atoms with E-state index in [9.17, 15) is 14.4 Å². The molecule has 25 heavy (non-hydrogen) atoms. The predicted molar refractivity (Wildman–Crippen MR) is 92.8 cm³/mol. The number of amides is 1. The maximum atomic E-state index is 12.6. The molecule has 0 aliphatic rings. The Balaban J connectivity index is 2.02. The lowest BCUT2D eigenvalue weighted by atomic mass is 10.1. The molecule has 0 aromatic carbocycles. The van der Waals surface area contributed by atoms with E-state index in [1.165, 1.54) is 24.9 Å². The van der Waals surface area contributed by atoms with Crippen LogP contribution in [0.25, 0.3) is 11.0 Å². The molecule has 0 fully saturated rings. The highest BCUT2D eigenvalue weighted by atomic mass is 16.2. The maximum Gasteiger partial charge on any atom is 0.330 e. The molecule has 1 amide bonds. The Kier molecular flexibility index (Phi) is 3.99. The van der Waals surface area contributed by atoms with Crippen LogP contribution in [0.4, 0.5) is 5.69 Å². The predicted octanol–water partition coefficient (Wildman–Crippen LogP) is 0.409. The Morgan fingerprint density at radius 1 is 1.28 bits per heavy atom. The molecule has 9 heteroatoms. The lowest BCUT2D eigenvalue weighted by Crippen LogP contribution is -2.38. The highest BCUT2D eigenvalue weighted by Gasteiger charge is 2.16. The molecule has 9 nitrogen and oxygen atoms in total. The number of anilines is 1. The van der Waals surface area contributed by atoms with E-state index >= 15 is 0 Å². The average Bonchev–Trinajstić information content (AvgIpc) is 2.98. The largest absolute Gasteiger partial charge is 0.330 e. The third-order valence-corrected chi connectivity index (χ3v) is 4.04. The first-order valence-corrected chi connectivity index (χ1v) is 7.74. The number of fused-ring (bicyclic) bond motifs is 1. The molecule has 0 saturated heterocycles. The Hall–Kier alpha value is -3.23. The summed E-state index contributed by atoms with van der Waals surface area (Å²) in [4.78, 5) is 40.9. The van der Waals surface area contributed by atoms with Gasteiger partial charge in [-0.05, 0) is 19.9 Å². The van der Waals surface area contributed by atoms with E-state index in [0.717, 1.165) is 9.95 Å². The van der Waals surface area contributed by atoms with Crippen molar-refractivity contribution in [3.8, 4) is 0 Å². The van der Waals surface area contributed by atoms with Crippen molar-refractivity contribution in [3.05, 3.63) is 50.6 Å². The van der Waals surface area contributed by atoms with Crippen molar-refractivity contribution in [3.63, 3.8) is 0 Å². The highest BCUT2D eigenvalue weighted by molar-refractivity contribution is 6.06. The zero-order chi connectivity index (χ0) is 18.3. The molecule has 0 bridgehead atoms. The summed E-state index contributed by atoms with van der Waals surface area (Å²) in [7, 11) is 2.87. The molecular formula is C16H18N6O3. The molecule has 0 spiro atoms. The summed E-state index contributed by atoms with van der Waals surface area (Å²) < 4.78 is 3.92. The Bertz CT molecular complexity index is 1110. The zero-order valence-corrected chi connectivity index (χ0v) is 14.4. The van der Waals surface area contributed by atoms with E-state index in [2.05, 4.69) is 15.4 Å². The van der Waals surface area contributed by atoms with E-state index in [0.29, 0.717) is 23.4 Å². The van der Waals surface area contributed by atoms with Crippen LogP contribution >= 0.6 is 0 Å². The molecule has 3 rings (SSSR count). The molecule has 1 N–H and O–H groups in total. The molecule has 0 aliphatic carbocycles. The van der Waals surface area contributed by atoms with E-state index in [-0.39, 0.29) is 5.69 Å². The van der Waals surface area contributed by atoms with Crippen molar-refractivity contribution in [1.29, 1.82) is 0 Å². The van der Waals surface area contributed by atoms with Gasteiger partial charge in [-0.2, -0.15) is 5.10 Å². The minimum Gasteiger partial charge on any atom is -0.316 e. The third-order valence-electron chi connectivity index (χ3n) is 4.04. The fourth-order valence-electron chi connectivity index (χ4n) is 2.64. The summed E-state index contributed by atoms with van der Waals surface area (Å²) in [5, 5.41) is 7.52. The van der Waals surface area contributed by atoms with E-state index in [1.54, 1.807) is 23.9 Å². The molecule has 0 unspecified atom stereocenters. The summed E-state index contributed by atoms with van der Waals surface area (Å²) >= 11 is 0. The van der Waals surface area contributed by atoms with Crippen molar-refractivity contribution in [2.24, 2.45) is 14.1 Å². The van der Waals surface area contributed by atoms with Crippen LogP contribution in [0.5, 0.6) is 0 Å². The zero-order valence-electron chi connectivity index (χ0n) is 14.4. The number of hydrogen-bond acceptors (Lipinski definition) is 5. The molecule has 3 aromatic rings. The number of hydrogen-bond donors (Lipinski definition) is 1. The van der Waals surface area contributed by atoms with Gasteiger partial charge in [0.25, 0.3) is 11.5 Å². The molecule has 130 valence electrons. The van der Waals surface area contributed by atoms with E-state index in [1.807, 2.05) is 6.92 Å². The lowest BCUT2D eigenvalue weighted by Gasteiger charge is -2.10. The molecule has 3 aromatic heterocycles. The van der Waals surface area contributed by atoms with Crippen molar-refractivity contribution >= 4 is 22.6 Å². The number of aryl methyl sites for hydroxylation is 3. The van der Waals surface area contributed by atoms with Crippen LogP contribution in [0.3, 0.4) is 0 Å². The molecule has 0 aliphatic heterocycles. The van der Waals surface area contributed by atoms with Gasteiger partial charge in [0, 0.05) is 32.2 Å². The number of carbonyl (C=O) groups excluding carboxylic acids is 1. The van der Waals surface area contributed by atoms with Crippen molar-refractivity contribution in [2.45, 2.75) is 20.4 Å². The number of aromatic nitrogens is 5. The van der Waals surface area contributed by atoms with Gasteiger partial charge in [0.2, 0.25) is 0 Å². The minimum atomic E-state index is -0.568. The SMILES string of the molecule is CCn1ncc2cc(C(=O)Nc3cn(C)c(=O)n(C)c3=O)c(C)nc21. The van der Waals surface area contributed by atoms with Crippen LogP contribution < -0.4 is 16.6 Å². The van der Waals surface area contributed by atoms with Crippen LogP contribution in [0, 0.1) is 6.92 Å². The van der Waals surface area contributed by atoms with Crippen molar-refractivity contribution in [2.75, 3.05) is 5.32 Å². The van der Waals surface area contributed by atoms with E-state index in [4.69, 9.17) is 0 Å². The number of pyridine rings is 1. The monoisotopic (exact) mass is 342 g/mol. The van der Waals surface area contributed by atoms with Gasteiger partial charge in [-0.1, -0.05) is 0 Å². The van der Waals surface area contributed by atoms with Crippen molar-refractivity contribution < 1.29 is 4.79 Å². The normalized spacial score (nSPS) is 11.0. The summed E-state index contributed by atoms with van der Waals surface area (Å²) in [6, 6.07) is 1.69. The third kappa shape index (κ3) is 2.73. The summed E-state index contributed by atoms with van der Waals surface area (Å²) in [5.41, 5.74) is 0.574. The van der Waals surface area contributed by atoms with Crippen LogP contribution in [0.15, 0.2) is 28.0 Å². The Morgan fingerprint density at radius 3 is 2.68 bits per heavy atom. The summed E-state index contributed by atoms with van der Waals surface area (Å²) in [6.45, 7) is 4.36. The highest BCUT2D eigenvalue weighted by Crippen LogP contribution is 2.17. The van der Waals surface area contributed by atoms with Crippen molar-refractivity contribution in [1.82, 2.24) is 23.9 Å². The van der Waals surface area contributed by atoms with Crippen LogP contribution in [0.1, 0.15) is 23.0 Å². The molecule has 0 radical (unpaired) electrons. The first-order valence-electron chi connectivity index (χ1n) is 7.74. The fourth-order valence-corrected chi connectivity index (χ4v) is 2.64. The Morgan fingerprint density at radius 2 is 2.00 bits per heavy atom. The second kappa shape index (κ2) is 6.00. The maximum absolute atomic E-state index is 12.6. The Labute approximate surface area is 142 Å². The number of nitrogens with zero attached hydrogens (tertiary/aromatic N) is 5. The number of carbonyl (C=O) groups is 1. The molecule has 0 atom stereocenters. The topological polar surface area (TPSA) is 104 Å².